The van der Waals surface area contributed by atoms with E-state index in [1.54, 1.807) is 0 Å². The molecular formula is C15H24N2O. The summed E-state index contributed by atoms with van der Waals surface area (Å²) in [6, 6.07) is 2.09. The van der Waals surface area contributed by atoms with Gasteiger partial charge in [0.25, 0.3) is 0 Å². The third-order valence-corrected chi connectivity index (χ3v) is 3.41. The molecule has 1 saturated heterocycles. The monoisotopic (exact) mass is 248 g/mol. The Morgan fingerprint density at radius 1 is 1.28 bits per heavy atom. The molecule has 1 aliphatic rings. The van der Waals surface area contributed by atoms with Crippen molar-refractivity contribution in [3.05, 3.63) is 0 Å². The molecule has 1 rings (SSSR count). The number of ether oxygens (including phenoxy) is 1. The van der Waals surface area contributed by atoms with Gasteiger partial charge in [0.1, 0.15) is 5.60 Å². The molecule has 1 atom stereocenters. The zero-order valence-corrected chi connectivity index (χ0v) is 11.7. The predicted octanol–water partition coefficient (Wildman–Crippen LogP) is 2.57. The highest BCUT2D eigenvalue weighted by molar-refractivity contribution is 5.13. The van der Waals surface area contributed by atoms with E-state index >= 15 is 0 Å². The van der Waals surface area contributed by atoms with Gasteiger partial charge in [-0.2, -0.15) is 5.26 Å². The molecule has 18 heavy (non-hydrogen) atoms. The van der Waals surface area contributed by atoms with E-state index in [1.165, 1.54) is 32.4 Å². The summed E-state index contributed by atoms with van der Waals surface area (Å²) in [5.74, 6) is 6.47. The van der Waals surface area contributed by atoms with E-state index in [-0.39, 0.29) is 0 Å². The van der Waals surface area contributed by atoms with E-state index < -0.39 is 5.60 Å². The number of likely N-dealkylation sites (tertiary alicyclic amines) is 1. The topological polar surface area (TPSA) is 36.3 Å². The Morgan fingerprint density at radius 2 is 2.00 bits per heavy atom. The molecule has 0 aromatic rings. The van der Waals surface area contributed by atoms with Gasteiger partial charge in [-0.25, -0.2) is 0 Å². The maximum absolute atomic E-state index is 8.51. The van der Waals surface area contributed by atoms with Crippen molar-refractivity contribution in [2.75, 3.05) is 26.2 Å². The molecule has 0 N–H and O–H groups in total. The Bertz CT molecular complexity index is 331. The standard InChI is InChI=1S/C15H24N2O/c1-3-15(2,18-14-8-10-16)9-7-13-17-11-5-4-6-12-17/h3-6,8,11-14H2,1-2H3/t15-/m1/s1. The highest BCUT2D eigenvalue weighted by Crippen LogP contribution is 2.14. The zero-order chi connectivity index (χ0) is 13.3. The third-order valence-electron chi connectivity index (χ3n) is 3.41. The minimum absolute atomic E-state index is 0.396. The van der Waals surface area contributed by atoms with Crippen LogP contribution in [0.1, 0.15) is 46.0 Å². The molecule has 0 aliphatic carbocycles. The van der Waals surface area contributed by atoms with Gasteiger partial charge in [0.15, 0.2) is 0 Å². The van der Waals surface area contributed by atoms with E-state index in [1.807, 2.05) is 6.92 Å². The summed E-state index contributed by atoms with van der Waals surface area (Å²) in [5.41, 5.74) is -0.396. The third kappa shape index (κ3) is 5.54. The Kier molecular flexibility index (Phi) is 6.80. The minimum atomic E-state index is -0.396. The lowest BCUT2D eigenvalue weighted by Crippen LogP contribution is -2.31. The predicted molar refractivity (Wildman–Crippen MR) is 72.9 cm³/mol. The average Bonchev–Trinajstić information content (AvgIpc) is 2.40. The quantitative estimate of drug-likeness (QED) is 0.554. The van der Waals surface area contributed by atoms with Crippen LogP contribution in [0.2, 0.25) is 0 Å². The van der Waals surface area contributed by atoms with Gasteiger partial charge in [0.2, 0.25) is 0 Å². The molecule has 0 aromatic heterocycles. The van der Waals surface area contributed by atoms with E-state index in [2.05, 4.69) is 29.7 Å². The van der Waals surface area contributed by atoms with Crippen LogP contribution in [0.25, 0.3) is 0 Å². The molecule has 100 valence electrons. The molecular weight excluding hydrogens is 224 g/mol. The summed E-state index contributed by atoms with van der Waals surface area (Å²) < 4.78 is 5.69. The summed E-state index contributed by atoms with van der Waals surface area (Å²) in [4.78, 5) is 2.40. The molecule has 0 bridgehead atoms. The number of rotatable bonds is 5. The first-order valence-corrected chi connectivity index (χ1v) is 6.93. The van der Waals surface area contributed by atoms with E-state index in [9.17, 15) is 0 Å². The van der Waals surface area contributed by atoms with Gasteiger partial charge in [0.05, 0.1) is 25.6 Å². The Hall–Kier alpha value is -1.03. The molecule has 1 aliphatic heterocycles. The number of piperidine rings is 1. The van der Waals surface area contributed by atoms with Crippen molar-refractivity contribution >= 4 is 0 Å². The molecule has 0 spiro atoms. The first kappa shape index (κ1) is 15.0. The zero-order valence-electron chi connectivity index (χ0n) is 11.7. The van der Waals surface area contributed by atoms with Gasteiger partial charge < -0.3 is 4.74 Å². The fourth-order valence-electron chi connectivity index (χ4n) is 2.00. The molecule has 1 heterocycles. The molecule has 0 saturated carbocycles. The van der Waals surface area contributed by atoms with E-state index in [0.717, 1.165) is 13.0 Å². The minimum Gasteiger partial charge on any atom is -0.362 e. The van der Waals surface area contributed by atoms with Crippen LogP contribution in [0.3, 0.4) is 0 Å². The van der Waals surface area contributed by atoms with Crippen molar-refractivity contribution in [1.82, 2.24) is 4.90 Å². The fourth-order valence-corrected chi connectivity index (χ4v) is 2.00. The summed E-state index contributed by atoms with van der Waals surface area (Å²) in [7, 11) is 0. The molecule has 3 nitrogen and oxygen atoms in total. The number of nitriles is 1. The van der Waals surface area contributed by atoms with Crippen molar-refractivity contribution in [3.63, 3.8) is 0 Å². The fraction of sp³-hybridized carbons (Fsp3) is 0.800. The molecule has 0 unspecified atom stereocenters. The average molecular weight is 248 g/mol. The van der Waals surface area contributed by atoms with Gasteiger partial charge >= 0.3 is 0 Å². The van der Waals surface area contributed by atoms with Gasteiger partial charge in [-0.15, -0.1) is 0 Å². The summed E-state index contributed by atoms with van der Waals surface area (Å²) in [6.07, 6.45) is 5.24. The Morgan fingerprint density at radius 3 is 2.61 bits per heavy atom. The molecule has 0 aromatic carbocycles. The summed E-state index contributed by atoms with van der Waals surface area (Å²) in [5, 5.41) is 8.51. The van der Waals surface area contributed by atoms with Crippen LogP contribution in [0, 0.1) is 23.2 Å². The van der Waals surface area contributed by atoms with E-state index in [4.69, 9.17) is 10.00 Å². The summed E-state index contributed by atoms with van der Waals surface area (Å²) >= 11 is 0. The first-order valence-electron chi connectivity index (χ1n) is 6.93. The maximum Gasteiger partial charge on any atom is 0.125 e. The lowest BCUT2D eigenvalue weighted by atomic mass is 10.0. The number of hydrogen-bond donors (Lipinski definition) is 0. The normalized spacial score (nSPS) is 19.4. The van der Waals surface area contributed by atoms with Gasteiger partial charge in [-0.05, 0) is 39.3 Å². The highest BCUT2D eigenvalue weighted by atomic mass is 16.5. The van der Waals surface area contributed by atoms with Gasteiger partial charge in [-0.1, -0.05) is 25.2 Å². The first-order chi connectivity index (χ1) is 8.70. The van der Waals surface area contributed by atoms with Crippen molar-refractivity contribution in [1.29, 1.82) is 5.26 Å². The molecule has 1 fully saturated rings. The second kappa shape index (κ2) is 8.14. The molecule has 0 amide bonds. The van der Waals surface area contributed by atoms with Crippen LogP contribution >= 0.6 is 0 Å². The lowest BCUT2D eigenvalue weighted by molar-refractivity contribution is 0.0137. The van der Waals surface area contributed by atoms with Crippen molar-refractivity contribution < 1.29 is 4.74 Å². The van der Waals surface area contributed by atoms with Crippen molar-refractivity contribution in [2.45, 2.75) is 51.6 Å². The van der Waals surface area contributed by atoms with Crippen molar-refractivity contribution in [3.8, 4) is 17.9 Å². The molecule has 3 heteroatoms. The second-order valence-electron chi connectivity index (χ2n) is 4.98. The second-order valence-corrected chi connectivity index (χ2v) is 4.98. The molecule has 0 radical (unpaired) electrons. The van der Waals surface area contributed by atoms with Crippen LogP contribution in [0.15, 0.2) is 0 Å². The van der Waals surface area contributed by atoms with Crippen molar-refractivity contribution in [2.24, 2.45) is 0 Å². The SMILES string of the molecule is CC[C@](C)(C#CCN1CCCCC1)OCCC#N. The largest absolute Gasteiger partial charge is 0.362 e. The maximum atomic E-state index is 8.51. The smallest absolute Gasteiger partial charge is 0.125 e. The van der Waals surface area contributed by atoms with E-state index in [0.29, 0.717) is 13.0 Å². The van der Waals surface area contributed by atoms with Crippen LogP contribution in [-0.2, 0) is 4.74 Å². The van der Waals surface area contributed by atoms with Crippen LogP contribution in [0.5, 0.6) is 0 Å². The number of nitrogens with zero attached hydrogens (tertiary/aromatic N) is 2. The van der Waals surface area contributed by atoms with Crippen LogP contribution < -0.4 is 0 Å². The Balaban J connectivity index is 2.38. The summed E-state index contributed by atoms with van der Waals surface area (Å²) in [6.45, 7) is 7.74. The van der Waals surface area contributed by atoms with Crippen LogP contribution in [-0.4, -0.2) is 36.7 Å². The Labute approximate surface area is 111 Å². The number of hydrogen-bond acceptors (Lipinski definition) is 3. The van der Waals surface area contributed by atoms with Gasteiger partial charge in [-0.3, -0.25) is 4.90 Å². The highest BCUT2D eigenvalue weighted by Gasteiger charge is 2.19. The van der Waals surface area contributed by atoms with Crippen LogP contribution in [0.4, 0.5) is 0 Å². The lowest BCUT2D eigenvalue weighted by Gasteiger charge is -2.25. The van der Waals surface area contributed by atoms with Gasteiger partial charge in [0, 0.05) is 0 Å².